The van der Waals surface area contributed by atoms with E-state index in [0.29, 0.717) is 12.6 Å². The highest BCUT2D eigenvalue weighted by Crippen LogP contribution is 2.18. The lowest BCUT2D eigenvalue weighted by atomic mass is 9.99. The fourth-order valence-corrected chi connectivity index (χ4v) is 2.13. The first-order valence-electron chi connectivity index (χ1n) is 5.56. The summed E-state index contributed by atoms with van der Waals surface area (Å²) >= 11 is 0. The Labute approximate surface area is 87.1 Å². The SMILES string of the molecule is CN(C)CCC1CCCCN1CC=O. The van der Waals surface area contributed by atoms with Gasteiger partial charge in [0.05, 0.1) is 6.54 Å². The van der Waals surface area contributed by atoms with Crippen LogP contribution in [-0.2, 0) is 4.79 Å². The van der Waals surface area contributed by atoms with Crippen LogP contribution in [-0.4, -0.2) is 55.9 Å². The predicted octanol–water partition coefficient (Wildman–Crippen LogP) is 0.992. The lowest BCUT2D eigenvalue weighted by molar-refractivity contribution is -0.109. The Bertz CT molecular complexity index is 171. The summed E-state index contributed by atoms with van der Waals surface area (Å²) in [4.78, 5) is 15.1. The summed E-state index contributed by atoms with van der Waals surface area (Å²) in [5.74, 6) is 0. The maximum absolute atomic E-state index is 10.5. The molecule has 0 bridgehead atoms. The van der Waals surface area contributed by atoms with E-state index < -0.39 is 0 Å². The van der Waals surface area contributed by atoms with Gasteiger partial charge in [0.1, 0.15) is 6.29 Å². The molecule has 1 atom stereocenters. The number of carbonyl (C=O) groups excluding carboxylic acids is 1. The molecule has 1 fully saturated rings. The Morgan fingerprint density at radius 1 is 1.43 bits per heavy atom. The van der Waals surface area contributed by atoms with Crippen molar-refractivity contribution >= 4 is 6.29 Å². The van der Waals surface area contributed by atoms with E-state index in [0.717, 1.165) is 19.4 Å². The van der Waals surface area contributed by atoms with E-state index >= 15 is 0 Å². The molecular formula is C11H22N2O. The smallest absolute Gasteiger partial charge is 0.133 e. The molecule has 3 heteroatoms. The molecule has 1 heterocycles. The largest absolute Gasteiger partial charge is 0.309 e. The summed E-state index contributed by atoms with van der Waals surface area (Å²) < 4.78 is 0. The summed E-state index contributed by atoms with van der Waals surface area (Å²) in [5, 5.41) is 0. The van der Waals surface area contributed by atoms with Crippen molar-refractivity contribution in [3.8, 4) is 0 Å². The molecule has 0 spiro atoms. The third-order valence-electron chi connectivity index (χ3n) is 2.97. The van der Waals surface area contributed by atoms with Crippen molar-refractivity contribution in [1.82, 2.24) is 9.80 Å². The molecule has 1 aliphatic rings. The average molecular weight is 198 g/mol. The van der Waals surface area contributed by atoms with Crippen molar-refractivity contribution in [1.29, 1.82) is 0 Å². The highest BCUT2D eigenvalue weighted by Gasteiger charge is 2.21. The van der Waals surface area contributed by atoms with Crippen LogP contribution < -0.4 is 0 Å². The molecule has 82 valence electrons. The van der Waals surface area contributed by atoms with Crippen LogP contribution in [0.3, 0.4) is 0 Å². The third kappa shape index (κ3) is 3.76. The molecule has 3 nitrogen and oxygen atoms in total. The van der Waals surface area contributed by atoms with Crippen LogP contribution in [0.15, 0.2) is 0 Å². The van der Waals surface area contributed by atoms with Gasteiger partial charge in [-0.05, 0) is 46.4 Å². The van der Waals surface area contributed by atoms with E-state index in [1.165, 1.54) is 25.7 Å². The van der Waals surface area contributed by atoms with Gasteiger partial charge in [0.25, 0.3) is 0 Å². The van der Waals surface area contributed by atoms with E-state index in [2.05, 4.69) is 23.9 Å². The minimum Gasteiger partial charge on any atom is -0.309 e. The van der Waals surface area contributed by atoms with E-state index in [1.807, 2.05) is 0 Å². The highest BCUT2D eigenvalue weighted by atomic mass is 16.1. The van der Waals surface area contributed by atoms with Gasteiger partial charge in [-0.3, -0.25) is 4.90 Å². The van der Waals surface area contributed by atoms with Crippen molar-refractivity contribution in [2.45, 2.75) is 31.7 Å². The zero-order chi connectivity index (χ0) is 10.4. The molecule has 1 aliphatic heterocycles. The van der Waals surface area contributed by atoms with Crippen LogP contribution in [0.2, 0.25) is 0 Å². The fourth-order valence-electron chi connectivity index (χ4n) is 2.13. The molecule has 0 saturated carbocycles. The van der Waals surface area contributed by atoms with Crippen LogP contribution in [0.5, 0.6) is 0 Å². The molecule has 0 radical (unpaired) electrons. The number of carbonyl (C=O) groups is 1. The van der Waals surface area contributed by atoms with E-state index in [4.69, 9.17) is 0 Å². The molecule has 0 aromatic carbocycles. The average Bonchev–Trinajstić information content (AvgIpc) is 2.17. The van der Waals surface area contributed by atoms with Crippen molar-refractivity contribution in [3.05, 3.63) is 0 Å². The highest BCUT2D eigenvalue weighted by molar-refractivity contribution is 5.52. The van der Waals surface area contributed by atoms with E-state index in [1.54, 1.807) is 0 Å². The van der Waals surface area contributed by atoms with Crippen molar-refractivity contribution < 1.29 is 4.79 Å². The lowest BCUT2D eigenvalue weighted by Crippen LogP contribution is -2.41. The van der Waals surface area contributed by atoms with Crippen molar-refractivity contribution in [2.24, 2.45) is 0 Å². The topological polar surface area (TPSA) is 23.6 Å². The summed E-state index contributed by atoms with van der Waals surface area (Å²) in [6.45, 7) is 2.86. The van der Waals surface area contributed by atoms with Crippen LogP contribution in [0, 0.1) is 0 Å². The Balaban J connectivity index is 2.33. The number of aldehydes is 1. The molecule has 1 rings (SSSR count). The zero-order valence-corrected chi connectivity index (χ0v) is 9.41. The van der Waals surface area contributed by atoms with Crippen LogP contribution in [0.25, 0.3) is 0 Å². The van der Waals surface area contributed by atoms with E-state index in [-0.39, 0.29) is 0 Å². The summed E-state index contributed by atoms with van der Waals surface area (Å²) in [5.41, 5.74) is 0. The molecular weight excluding hydrogens is 176 g/mol. The molecule has 0 aliphatic carbocycles. The number of hydrogen-bond acceptors (Lipinski definition) is 3. The van der Waals surface area contributed by atoms with Gasteiger partial charge in [-0.15, -0.1) is 0 Å². The quantitative estimate of drug-likeness (QED) is 0.616. The maximum Gasteiger partial charge on any atom is 0.133 e. The molecule has 0 aromatic rings. The minimum atomic E-state index is 0.623. The van der Waals surface area contributed by atoms with Crippen LogP contribution >= 0.6 is 0 Å². The van der Waals surface area contributed by atoms with Gasteiger partial charge < -0.3 is 9.69 Å². The molecule has 0 N–H and O–H groups in total. The minimum absolute atomic E-state index is 0.623. The maximum atomic E-state index is 10.5. The first-order chi connectivity index (χ1) is 6.74. The van der Waals surface area contributed by atoms with Gasteiger partial charge in [0.15, 0.2) is 0 Å². The zero-order valence-electron chi connectivity index (χ0n) is 9.41. The Morgan fingerprint density at radius 3 is 2.86 bits per heavy atom. The number of nitrogens with zero attached hydrogens (tertiary/aromatic N) is 2. The third-order valence-corrected chi connectivity index (χ3v) is 2.97. The van der Waals surface area contributed by atoms with Gasteiger partial charge in [-0.25, -0.2) is 0 Å². The van der Waals surface area contributed by atoms with Crippen LogP contribution in [0.4, 0.5) is 0 Å². The van der Waals surface area contributed by atoms with Crippen LogP contribution in [0.1, 0.15) is 25.7 Å². The summed E-state index contributed by atoms with van der Waals surface area (Å²) in [6, 6.07) is 0.636. The van der Waals surface area contributed by atoms with Gasteiger partial charge >= 0.3 is 0 Å². The Hall–Kier alpha value is -0.410. The van der Waals surface area contributed by atoms with Gasteiger partial charge in [-0.2, -0.15) is 0 Å². The lowest BCUT2D eigenvalue weighted by Gasteiger charge is -2.34. The molecule has 0 aromatic heterocycles. The summed E-state index contributed by atoms with van der Waals surface area (Å²) in [6.07, 6.45) is 6.08. The molecule has 1 saturated heterocycles. The standard InChI is InChI=1S/C11H22N2O/c1-12(2)8-6-11-5-3-4-7-13(11)9-10-14/h10-11H,3-9H2,1-2H3. The van der Waals surface area contributed by atoms with Crippen molar-refractivity contribution in [2.75, 3.05) is 33.7 Å². The summed E-state index contributed by atoms with van der Waals surface area (Å²) in [7, 11) is 4.21. The number of likely N-dealkylation sites (tertiary alicyclic amines) is 1. The van der Waals surface area contributed by atoms with E-state index in [9.17, 15) is 4.79 Å². The van der Waals surface area contributed by atoms with Crippen molar-refractivity contribution in [3.63, 3.8) is 0 Å². The van der Waals surface area contributed by atoms with Gasteiger partial charge in [-0.1, -0.05) is 6.42 Å². The monoisotopic (exact) mass is 198 g/mol. The molecule has 1 unspecified atom stereocenters. The second-order valence-corrected chi connectivity index (χ2v) is 4.40. The second-order valence-electron chi connectivity index (χ2n) is 4.40. The molecule has 14 heavy (non-hydrogen) atoms. The number of hydrogen-bond donors (Lipinski definition) is 0. The normalized spacial score (nSPS) is 24.1. The fraction of sp³-hybridized carbons (Fsp3) is 0.909. The predicted molar refractivity (Wildman–Crippen MR) is 58.4 cm³/mol. The first-order valence-corrected chi connectivity index (χ1v) is 5.56. The second kappa shape index (κ2) is 6.14. The number of rotatable bonds is 5. The first kappa shape index (κ1) is 11.7. The van der Waals surface area contributed by atoms with Gasteiger partial charge in [0.2, 0.25) is 0 Å². The Kier molecular flexibility index (Phi) is 5.12. The Morgan fingerprint density at radius 2 is 2.21 bits per heavy atom. The molecule has 0 amide bonds. The van der Waals surface area contributed by atoms with Gasteiger partial charge in [0, 0.05) is 6.04 Å². The number of piperidine rings is 1.